The van der Waals surface area contributed by atoms with E-state index in [4.69, 9.17) is 9.47 Å². The highest BCUT2D eigenvalue weighted by atomic mass is 19.2. The van der Waals surface area contributed by atoms with E-state index in [2.05, 4.69) is 5.32 Å². The molecule has 2 aromatic rings. The predicted molar refractivity (Wildman–Crippen MR) is 88.1 cm³/mol. The largest absolute Gasteiger partial charge is 0.497 e. The summed E-state index contributed by atoms with van der Waals surface area (Å²) in [5.41, 5.74) is 0.707. The van der Waals surface area contributed by atoms with Gasteiger partial charge in [0.05, 0.1) is 19.9 Å². The maximum absolute atomic E-state index is 13.6. The first-order valence-electron chi connectivity index (χ1n) is 7.22. The molecule has 0 saturated carbocycles. The van der Waals surface area contributed by atoms with Gasteiger partial charge in [-0.3, -0.25) is 4.79 Å². The number of hydrogen-bond donors (Lipinski definition) is 1. The number of nitrogens with one attached hydrogen (secondary N) is 1. The van der Waals surface area contributed by atoms with Crippen LogP contribution in [0.1, 0.15) is 12.5 Å². The Morgan fingerprint density at radius 1 is 1.04 bits per heavy atom. The standard InChI is InChI=1S/C18H16F3NO3/c1-10(12-5-4-11(24-2)9-15(12)25-3)8-16(23)22-14-7-6-13(19)17(20)18(14)21/h4-9H,1-3H3,(H,22,23)/b10-8+. The van der Waals surface area contributed by atoms with E-state index in [1.165, 1.54) is 20.3 Å². The van der Waals surface area contributed by atoms with Crippen molar-refractivity contribution in [1.29, 1.82) is 0 Å². The Hall–Kier alpha value is -2.96. The van der Waals surface area contributed by atoms with Crippen LogP contribution in [0.2, 0.25) is 0 Å². The molecule has 2 aromatic carbocycles. The molecule has 0 saturated heterocycles. The zero-order valence-corrected chi connectivity index (χ0v) is 13.8. The Kier molecular flexibility index (Phi) is 5.69. The van der Waals surface area contributed by atoms with E-state index in [0.717, 1.165) is 12.1 Å². The van der Waals surface area contributed by atoms with Gasteiger partial charge in [-0.25, -0.2) is 13.2 Å². The summed E-state index contributed by atoms with van der Waals surface area (Å²) in [6, 6.07) is 6.73. The number of anilines is 1. The number of rotatable bonds is 5. The van der Waals surface area contributed by atoms with Crippen LogP contribution in [0.4, 0.5) is 18.9 Å². The van der Waals surface area contributed by atoms with Crippen molar-refractivity contribution in [1.82, 2.24) is 0 Å². The molecular weight excluding hydrogens is 335 g/mol. The lowest BCUT2D eigenvalue weighted by Gasteiger charge is -2.11. The minimum absolute atomic E-state index is 0.449. The lowest BCUT2D eigenvalue weighted by molar-refractivity contribution is -0.111. The van der Waals surface area contributed by atoms with Crippen LogP contribution in [-0.4, -0.2) is 20.1 Å². The van der Waals surface area contributed by atoms with Crippen molar-refractivity contribution in [3.8, 4) is 11.5 Å². The molecule has 0 spiro atoms. The fraction of sp³-hybridized carbons (Fsp3) is 0.167. The number of halogens is 3. The first-order chi connectivity index (χ1) is 11.9. The van der Waals surface area contributed by atoms with Gasteiger partial charge in [-0.2, -0.15) is 0 Å². The molecule has 4 nitrogen and oxygen atoms in total. The average molecular weight is 351 g/mol. The van der Waals surface area contributed by atoms with Gasteiger partial charge in [-0.05, 0) is 36.8 Å². The van der Waals surface area contributed by atoms with E-state index in [1.807, 2.05) is 0 Å². The quantitative estimate of drug-likeness (QED) is 0.650. The van der Waals surface area contributed by atoms with Crippen LogP contribution in [-0.2, 0) is 4.79 Å². The van der Waals surface area contributed by atoms with E-state index in [1.54, 1.807) is 25.1 Å². The molecule has 0 atom stereocenters. The van der Waals surface area contributed by atoms with E-state index >= 15 is 0 Å². The number of benzene rings is 2. The normalized spacial score (nSPS) is 11.2. The third-order valence-corrected chi connectivity index (χ3v) is 3.47. The van der Waals surface area contributed by atoms with Gasteiger partial charge < -0.3 is 14.8 Å². The van der Waals surface area contributed by atoms with Crippen molar-refractivity contribution in [2.45, 2.75) is 6.92 Å². The number of amides is 1. The van der Waals surface area contributed by atoms with Gasteiger partial charge in [0, 0.05) is 17.7 Å². The van der Waals surface area contributed by atoms with Gasteiger partial charge in [-0.15, -0.1) is 0 Å². The second-order valence-corrected chi connectivity index (χ2v) is 5.11. The maximum atomic E-state index is 13.6. The summed E-state index contributed by atoms with van der Waals surface area (Å²) >= 11 is 0. The number of methoxy groups -OCH3 is 2. The smallest absolute Gasteiger partial charge is 0.248 e. The van der Waals surface area contributed by atoms with Gasteiger partial charge in [0.2, 0.25) is 5.91 Å². The minimum atomic E-state index is -1.64. The number of allylic oxidation sites excluding steroid dienone is 1. The Bertz CT molecular complexity index is 835. The van der Waals surface area contributed by atoms with E-state index in [-0.39, 0.29) is 0 Å². The lowest BCUT2D eigenvalue weighted by atomic mass is 10.1. The van der Waals surface area contributed by atoms with Crippen LogP contribution in [0.15, 0.2) is 36.4 Å². The molecule has 0 aliphatic heterocycles. The van der Waals surface area contributed by atoms with Crippen molar-refractivity contribution < 1.29 is 27.4 Å². The van der Waals surface area contributed by atoms with Crippen LogP contribution < -0.4 is 14.8 Å². The Balaban J connectivity index is 2.25. The summed E-state index contributed by atoms with van der Waals surface area (Å²) in [5.74, 6) is -4.05. The highest BCUT2D eigenvalue weighted by Crippen LogP contribution is 2.30. The zero-order chi connectivity index (χ0) is 18.6. The second-order valence-electron chi connectivity index (χ2n) is 5.11. The topological polar surface area (TPSA) is 47.6 Å². The van der Waals surface area contributed by atoms with Gasteiger partial charge in [0.25, 0.3) is 0 Å². The van der Waals surface area contributed by atoms with Crippen molar-refractivity contribution in [2.75, 3.05) is 19.5 Å². The van der Waals surface area contributed by atoms with Gasteiger partial charge in [0.15, 0.2) is 17.5 Å². The average Bonchev–Trinajstić information content (AvgIpc) is 2.61. The molecule has 0 bridgehead atoms. The molecule has 0 unspecified atom stereocenters. The molecule has 132 valence electrons. The number of hydrogen-bond acceptors (Lipinski definition) is 3. The summed E-state index contributed by atoms with van der Waals surface area (Å²) in [6.45, 7) is 1.66. The highest BCUT2D eigenvalue weighted by molar-refractivity contribution is 6.04. The Labute approximate surface area is 142 Å². The van der Waals surface area contributed by atoms with E-state index in [0.29, 0.717) is 22.6 Å². The van der Waals surface area contributed by atoms with E-state index in [9.17, 15) is 18.0 Å². The third-order valence-electron chi connectivity index (χ3n) is 3.47. The van der Waals surface area contributed by atoms with Gasteiger partial charge in [-0.1, -0.05) is 0 Å². The van der Waals surface area contributed by atoms with E-state index < -0.39 is 29.0 Å². The fourth-order valence-electron chi connectivity index (χ4n) is 2.19. The molecule has 25 heavy (non-hydrogen) atoms. The molecule has 1 N–H and O–H groups in total. The molecule has 2 rings (SSSR count). The van der Waals surface area contributed by atoms with Crippen molar-refractivity contribution >= 4 is 17.2 Å². The Morgan fingerprint density at radius 2 is 1.76 bits per heavy atom. The zero-order valence-electron chi connectivity index (χ0n) is 13.8. The number of carbonyl (C=O) groups is 1. The summed E-state index contributed by atoms with van der Waals surface area (Å²) in [6.07, 6.45) is 1.20. The first-order valence-corrected chi connectivity index (χ1v) is 7.22. The molecule has 1 amide bonds. The SMILES string of the molecule is COc1ccc(/C(C)=C/C(=O)Nc2ccc(F)c(F)c2F)c(OC)c1. The molecule has 0 heterocycles. The number of carbonyl (C=O) groups excluding carboxylic acids is 1. The summed E-state index contributed by atoms with van der Waals surface area (Å²) < 4.78 is 50.1. The summed E-state index contributed by atoms with van der Waals surface area (Å²) in [5, 5.41) is 2.18. The van der Waals surface area contributed by atoms with Crippen LogP contribution in [0.5, 0.6) is 11.5 Å². The molecule has 7 heteroatoms. The summed E-state index contributed by atoms with van der Waals surface area (Å²) in [7, 11) is 2.99. The molecule has 0 aliphatic rings. The van der Waals surface area contributed by atoms with Crippen LogP contribution in [0.25, 0.3) is 5.57 Å². The fourth-order valence-corrected chi connectivity index (χ4v) is 2.19. The molecule has 0 radical (unpaired) electrons. The second kappa shape index (κ2) is 7.74. The van der Waals surface area contributed by atoms with Crippen LogP contribution in [0, 0.1) is 17.5 Å². The van der Waals surface area contributed by atoms with Gasteiger partial charge >= 0.3 is 0 Å². The summed E-state index contributed by atoms with van der Waals surface area (Å²) in [4.78, 5) is 12.0. The maximum Gasteiger partial charge on any atom is 0.248 e. The first kappa shape index (κ1) is 18.4. The lowest BCUT2D eigenvalue weighted by Crippen LogP contribution is -2.11. The van der Waals surface area contributed by atoms with Crippen molar-refractivity contribution in [3.05, 3.63) is 59.4 Å². The van der Waals surface area contributed by atoms with Crippen molar-refractivity contribution in [2.24, 2.45) is 0 Å². The van der Waals surface area contributed by atoms with Gasteiger partial charge in [0.1, 0.15) is 11.5 Å². The number of ether oxygens (including phenoxy) is 2. The molecule has 0 aliphatic carbocycles. The molecule has 0 fully saturated rings. The van der Waals surface area contributed by atoms with Crippen LogP contribution in [0.3, 0.4) is 0 Å². The molecular formula is C18H16F3NO3. The van der Waals surface area contributed by atoms with Crippen molar-refractivity contribution in [3.63, 3.8) is 0 Å². The molecule has 0 aromatic heterocycles. The Morgan fingerprint density at radius 3 is 2.40 bits per heavy atom. The predicted octanol–water partition coefficient (Wildman–Crippen LogP) is 4.16. The third kappa shape index (κ3) is 4.12. The monoisotopic (exact) mass is 351 g/mol. The highest BCUT2D eigenvalue weighted by Gasteiger charge is 2.15. The minimum Gasteiger partial charge on any atom is -0.497 e. The van der Waals surface area contributed by atoms with Crippen LogP contribution >= 0.6 is 0 Å².